The van der Waals surface area contributed by atoms with Crippen molar-refractivity contribution in [2.45, 2.75) is 78.6 Å². The van der Waals surface area contributed by atoms with Crippen molar-refractivity contribution in [1.82, 2.24) is 0 Å². The summed E-state index contributed by atoms with van der Waals surface area (Å²) in [5, 5.41) is 11.5. The van der Waals surface area contributed by atoms with E-state index in [9.17, 15) is 5.11 Å². The quantitative estimate of drug-likeness (QED) is 0.451. The van der Waals surface area contributed by atoms with Crippen LogP contribution in [0.2, 0.25) is 0 Å². The molecule has 0 heterocycles. The molecule has 3 rings (SSSR count). The molecule has 0 spiro atoms. The molecule has 1 N–H and O–H groups in total. The third-order valence-electron chi connectivity index (χ3n) is 6.34. The van der Waals surface area contributed by atoms with Gasteiger partial charge in [0.25, 0.3) is 5.95 Å². The highest BCUT2D eigenvalue weighted by atomic mass is 16.6. The zero-order valence-electron chi connectivity index (χ0n) is 21.6. The second kappa shape index (κ2) is 9.67. The molecule has 178 valence electrons. The Morgan fingerprint density at radius 3 is 2.12 bits per heavy atom. The Balaban J connectivity index is 2.22. The van der Waals surface area contributed by atoms with Crippen molar-refractivity contribution < 1.29 is 14.6 Å². The Bertz CT molecular complexity index is 1010. The van der Waals surface area contributed by atoms with Gasteiger partial charge in [0.05, 0.1) is 7.11 Å². The maximum Gasteiger partial charge on any atom is 0.286 e. The van der Waals surface area contributed by atoms with Gasteiger partial charge in [0.15, 0.2) is 0 Å². The molecule has 3 heteroatoms. The zero-order valence-corrected chi connectivity index (χ0v) is 21.6. The highest BCUT2D eigenvalue weighted by Gasteiger charge is 2.31. The van der Waals surface area contributed by atoms with Gasteiger partial charge in [-0.2, -0.15) is 0 Å². The Labute approximate surface area is 200 Å². The van der Waals surface area contributed by atoms with Gasteiger partial charge in [0.2, 0.25) is 0 Å². The van der Waals surface area contributed by atoms with Gasteiger partial charge < -0.3 is 14.6 Å². The van der Waals surface area contributed by atoms with Crippen molar-refractivity contribution in [2.24, 2.45) is 5.92 Å². The molecule has 0 fully saturated rings. The molecule has 0 radical (unpaired) electrons. The molecule has 0 unspecified atom stereocenters. The molecular formula is C30H40O3. The number of hydrogen-bond acceptors (Lipinski definition) is 3. The number of unbranched alkanes of at least 4 members (excludes halogenated alkanes) is 1. The summed E-state index contributed by atoms with van der Waals surface area (Å²) in [5.74, 6) is 1.64. The lowest BCUT2D eigenvalue weighted by molar-refractivity contribution is 0.202. The van der Waals surface area contributed by atoms with Crippen LogP contribution in [0.3, 0.4) is 0 Å². The largest absolute Gasteiger partial charge is 0.497 e. The highest BCUT2D eigenvalue weighted by Crippen LogP contribution is 2.45. The van der Waals surface area contributed by atoms with Gasteiger partial charge in [-0.25, -0.2) is 0 Å². The number of methoxy groups -OCH3 is 1. The summed E-state index contributed by atoms with van der Waals surface area (Å²) in [6.45, 7) is 15.2. The van der Waals surface area contributed by atoms with E-state index >= 15 is 0 Å². The molecule has 1 aliphatic rings. The van der Waals surface area contributed by atoms with Gasteiger partial charge >= 0.3 is 0 Å². The SMILES string of the molecule is CCCC[C@H]1C=Cc2ccccc2/C1=C(/O)Oc1c(C(C)(C)C)cc(OC)cc1C(C)(C)C. The van der Waals surface area contributed by atoms with Crippen molar-refractivity contribution in [3.05, 3.63) is 70.7 Å². The zero-order chi connectivity index (χ0) is 24.4. The maximum absolute atomic E-state index is 11.5. The van der Waals surface area contributed by atoms with Crippen molar-refractivity contribution >= 4 is 11.6 Å². The first kappa shape index (κ1) is 25.0. The van der Waals surface area contributed by atoms with E-state index in [4.69, 9.17) is 9.47 Å². The fourth-order valence-electron chi connectivity index (χ4n) is 4.44. The smallest absolute Gasteiger partial charge is 0.286 e. The molecule has 33 heavy (non-hydrogen) atoms. The monoisotopic (exact) mass is 448 g/mol. The summed E-state index contributed by atoms with van der Waals surface area (Å²) >= 11 is 0. The van der Waals surface area contributed by atoms with E-state index in [1.165, 1.54) is 0 Å². The maximum atomic E-state index is 11.5. The lowest BCUT2D eigenvalue weighted by atomic mass is 9.79. The van der Waals surface area contributed by atoms with Gasteiger partial charge in [-0.05, 0) is 40.5 Å². The summed E-state index contributed by atoms with van der Waals surface area (Å²) < 4.78 is 12.1. The summed E-state index contributed by atoms with van der Waals surface area (Å²) in [5.41, 5.74) is 4.67. The average molecular weight is 449 g/mol. The Hall–Kier alpha value is -2.68. The number of benzene rings is 2. The second-order valence-corrected chi connectivity index (χ2v) is 11.1. The molecule has 2 aromatic rings. The molecule has 0 bridgehead atoms. The summed E-state index contributed by atoms with van der Waals surface area (Å²) in [4.78, 5) is 0. The van der Waals surface area contributed by atoms with E-state index in [2.05, 4.69) is 72.8 Å². The Morgan fingerprint density at radius 1 is 0.970 bits per heavy atom. The molecular weight excluding hydrogens is 408 g/mol. The number of fused-ring (bicyclic) bond motifs is 1. The lowest BCUT2D eigenvalue weighted by Gasteiger charge is -2.31. The predicted octanol–water partition coefficient (Wildman–Crippen LogP) is 8.43. The average Bonchev–Trinajstić information content (AvgIpc) is 2.75. The van der Waals surface area contributed by atoms with Crippen molar-refractivity contribution in [3.63, 3.8) is 0 Å². The third-order valence-corrected chi connectivity index (χ3v) is 6.34. The van der Waals surface area contributed by atoms with E-state index in [1.807, 2.05) is 24.3 Å². The van der Waals surface area contributed by atoms with Gasteiger partial charge in [0.1, 0.15) is 11.5 Å². The third kappa shape index (κ3) is 5.46. The van der Waals surface area contributed by atoms with E-state index in [0.717, 1.165) is 58.6 Å². The van der Waals surface area contributed by atoms with E-state index < -0.39 is 0 Å². The topological polar surface area (TPSA) is 38.7 Å². The number of ether oxygens (including phenoxy) is 2. The van der Waals surface area contributed by atoms with Crippen LogP contribution in [0.5, 0.6) is 11.5 Å². The second-order valence-electron chi connectivity index (χ2n) is 11.1. The van der Waals surface area contributed by atoms with Crippen LogP contribution in [0.4, 0.5) is 0 Å². The summed E-state index contributed by atoms with van der Waals surface area (Å²) in [7, 11) is 1.69. The van der Waals surface area contributed by atoms with E-state index in [-0.39, 0.29) is 22.7 Å². The predicted molar refractivity (Wildman–Crippen MR) is 139 cm³/mol. The molecule has 1 aliphatic carbocycles. The van der Waals surface area contributed by atoms with Crippen LogP contribution in [0.15, 0.2) is 48.4 Å². The van der Waals surface area contributed by atoms with Crippen molar-refractivity contribution in [2.75, 3.05) is 7.11 Å². The molecule has 0 aliphatic heterocycles. The molecule has 2 aromatic carbocycles. The molecule has 0 aromatic heterocycles. The number of rotatable bonds is 6. The Morgan fingerprint density at radius 2 is 1.58 bits per heavy atom. The van der Waals surface area contributed by atoms with Gasteiger partial charge in [-0.15, -0.1) is 0 Å². The minimum atomic E-state index is -0.194. The number of aliphatic hydroxyl groups is 1. The molecule has 0 amide bonds. The fourth-order valence-corrected chi connectivity index (χ4v) is 4.44. The Kier molecular flexibility index (Phi) is 7.31. The molecule has 0 saturated heterocycles. The van der Waals surface area contributed by atoms with Crippen LogP contribution in [0.1, 0.15) is 90.0 Å². The summed E-state index contributed by atoms with van der Waals surface area (Å²) in [6.07, 6.45) is 7.56. The van der Waals surface area contributed by atoms with Crippen LogP contribution in [-0.4, -0.2) is 12.2 Å². The highest BCUT2D eigenvalue weighted by molar-refractivity contribution is 5.81. The van der Waals surface area contributed by atoms with Crippen molar-refractivity contribution in [3.8, 4) is 11.5 Å². The molecule has 0 saturated carbocycles. The van der Waals surface area contributed by atoms with Crippen LogP contribution in [0.25, 0.3) is 11.6 Å². The summed E-state index contributed by atoms with van der Waals surface area (Å²) in [6, 6.07) is 12.3. The standard InChI is InChI=1S/C30H40O3/c1-9-10-13-21-17-16-20-14-11-12-15-23(20)26(21)28(31)33-27-24(29(2,3)4)18-22(32-8)19-25(27)30(5,6)7/h11-12,14-19,21,31H,9-10,13H2,1-8H3/b28-26-/t21-/m0/s1. The van der Waals surface area contributed by atoms with Gasteiger partial charge in [0, 0.05) is 22.6 Å². The first-order valence-electron chi connectivity index (χ1n) is 12.1. The minimum Gasteiger partial charge on any atom is -0.497 e. The minimum absolute atomic E-state index is 0.00549. The van der Waals surface area contributed by atoms with Crippen LogP contribution in [-0.2, 0) is 10.8 Å². The van der Waals surface area contributed by atoms with Crippen LogP contribution in [0, 0.1) is 5.92 Å². The number of allylic oxidation sites excluding steroid dienone is 2. The normalized spacial score (nSPS) is 17.5. The van der Waals surface area contributed by atoms with E-state index in [0.29, 0.717) is 0 Å². The van der Waals surface area contributed by atoms with Crippen LogP contribution < -0.4 is 9.47 Å². The van der Waals surface area contributed by atoms with Crippen LogP contribution >= 0.6 is 0 Å². The van der Waals surface area contributed by atoms with E-state index in [1.54, 1.807) is 7.11 Å². The first-order chi connectivity index (χ1) is 15.5. The fraction of sp³-hybridized carbons (Fsp3) is 0.467. The van der Waals surface area contributed by atoms with Crippen molar-refractivity contribution in [1.29, 1.82) is 0 Å². The number of hydrogen-bond donors (Lipinski definition) is 1. The lowest BCUT2D eigenvalue weighted by Crippen LogP contribution is -2.21. The van der Waals surface area contributed by atoms with Gasteiger partial charge in [-0.3, -0.25) is 0 Å². The molecule has 1 atom stereocenters. The number of aliphatic hydroxyl groups excluding tert-OH is 1. The molecule has 3 nitrogen and oxygen atoms in total. The van der Waals surface area contributed by atoms with Gasteiger partial charge in [-0.1, -0.05) is 97.7 Å². The first-order valence-corrected chi connectivity index (χ1v) is 12.1.